The number of hydrogen-bond acceptors (Lipinski definition) is 3. The highest BCUT2D eigenvalue weighted by atomic mass is 35.5. The van der Waals surface area contributed by atoms with E-state index >= 15 is 0 Å². The summed E-state index contributed by atoms with van der Waals surface area (Å²) < 4.78 is 0. The number of nitrogens with one attached hydrogen (secondary N) is 2. The normalized spacial score (nSPS) is 18.8. The van der Waals surface area contributed by atoms with Crippen LogP contribution in [0.25, 0.3) is 0 Å². The Morgan fingerprint density at radius 3 is 2.60 bits per heavy atom. The van der Waals surface area contributed by atoms with Gasteiger partial charge in [-0.25, -0.2) is 0 Å². The predicted octanol–water partition coefficient (Wildman–Crippen LogP) is 2.11. The summed E-state index contributed by atoms with van der Waals surface area (Å²) >= 11 is 5.96. The molecule has 1 aliphatic rings. The Labute approximate surface area is 152 Å². The van der Waals surface area contributed by atoms with E-state index in [2.05, 4.69) is 10.6 Å². The Balaban J connectivity index is 1.97. The molecule has 2 atom stereocenters. The summed E-state index contributed by atoms with van der Waals surface area (Å²) in [6, 6.07) is 6.30. The van der Waals surface area contributed by atoms with Crippen molar-refractivity contribution < 1.29 is 14.4 Å². The average Bonchev–Trinajstić information content (AvgIpc) is 2.87. The molecule has 0 bridgehead atoms. The van der Waals surface area contributed by atoms with Crippen molar-refractivity contribution in [3.63, 3.8) is 0 Å². The maximum Gasteiger partial charge on any atom is 0.242 e. The smallest absolute Gasteiger partial charge is 0.242 e. The van der Waals surface area contributed by atoms with Gasteiger partial charge in [0.1, 0.15) is 6.04 Å². The largest absolute Gasteiger partial charge is 0.350 e. The number of anilines is 1. The molecule has 1 heterocycles. The zero-order chi connectivity index (χ0) is 18.8. The number of nitrogens with zero attached hydrogens (tertiary/aromatic N) is 1. The van der Waals surface area contributed by atoms with Crippen molar-refractivity contribution in [1.82, 2.24) is 10.6 Å². The second kappa shape index (κ2) is 7.44. The molecule has 2 N–H and O–H groups in total. The number of amides is 3. The van der Waals surface area contributed by atoms with E-state index < -0.39 is 12.0 Å². The summed E-state index contributed by atoms with van der Waals surface area (Å²) in [5.74, 6) is -1.17. The van der Waals surface area contributed by atoms with Gasteiger partial charge in [-0.3, -0.25) is 14.4 Å². The van der Waals surface area contributed by atoms with Gasteiger partial charge in [0.05, 0.1) is 5.92 Å². The standard InChI is InChI=1S/C18H24ClN3O3/c1-11(16(24)21-18(2,3)4)20-17(25)12-8-15(23)22(10-12)14-7-5-6-13(19)9-14/h5-7,9,11-12H,8,10H2,1-4H3,(H,20,25)(H,21,24). The highest BCUT2D eigenvalue weighted by molar-refractivity contribution is 6.31. The van der Waals surface area contributed by atoms with Crippen LogP contribution in [0.1, 0.15) is 34.1 Å². The molecule has 0 radical (unpaired) electrons. The molecule has 1 aliphatic heterocycles. The third-order valence-corrected chi connectivity index (χ3v) is 4.10. The average molecular weight is 366 g/mol. The molecule has 1 saturated heterocycles. The number of hydrogen-bond donors (Lipinski definition) is 2. The van der Waals surface area contributed by atoms with Gasteiger partial charge < -0.3 is 15.5 Å². The zero-order valence-electron chi connectivity index (χ0n) is 14.9. The molecule has 2 rings (SSSR count). The predicted molar refractivity (Wildman–Crippen MR) is 97.4 cm³/mol. The van der Waals surface area contributed by atoms with E-state index in [1.165, 1.54) is 0 Å². The summed E-state index contributed by atoms with van der Waals surface area (Å²) in [4.78, 5) is 38.3. The number of rotatable bonds is 4. The highest BCUT2D eigenvalue weighted by Gasteiger charge is 2.36. The van der Waals surface area contributed by atoms with Crippen molar-refractivity contribution in [2.45, 2.75) is 45.7 Å². The summed E-state index contributed by atoms with van der Waals surface area (Å²) in [5, 5.41) is 6.04. The zero-order valence-corrected chi connectivity index (χ0v) is 15.7. The van der Waals surface area contributed by atoms with Crippen molar-refractivity contribution >= 4 is 35.0 Å². The Morgan fingerprint density at radius 2 is 2.00 bits per heavy atom. The lowest BCUT2D eigenvalue weighted by Crippen LogP contribution is -2.52. The van der Waals surface area contributed by atoms with Crippen molar-refractivity contribution in [3.8, 4) is 0 Å². The van der Waals surface area contributed by atoms with Crippen LogP contribution >= 0.6 is 11.6 Å². The summed E-state index contributed by atoms with van der Waals surface area (Å²) in [6.07, 6.45) is 0.117. The van der Waals surface area contributed by atoms with Crippen LogP contribution in [0.3, 0.4) is 0 Å². The molecule has 7 heteroatoms. The number of halogens is 1. The maximum absolute atomic E-state index is 12.4. The van der Waals surface area contributed by atoms with Crippen LogP contribution in [0, 0.1) is 5.92 Å². The van der Waals surface area contributed by atoms with Gasteiger partial charge >= 0.3 is 0 Å². The summed E-state index contributed by atoms with van der Waals surface area (Å²) in [7, 11) is 0. The monoisotopic (exact) mass is 365 g/mol. The first-order chi connectivity index (χ1) is 11.6. The minimum atomic E-state index is -0.665. The minimum absolute atomic E-state index is 0.117. The lowest BCUT2D eigenvalue weighted by Gasteiger charge is -2.24. The van der Waals surface area contributed by atoms with Crippen molar-refractivity contribution in [2.24, 2.45) is 5.92 Å². The molecule has 25 heavy (non-hydrogen) atoms. The van der Waals surface area contributed by atoms with Crippen LogP contribution in [0.4, 0.5) is 5.69 Å². The number of benzene rings is 1. The molecule has 136 valence electrons. The first-order valence-corrected chi connectivity index (χ1v) is 8.63. The van der Waals surface area contributed by atoms with Gasteiger partial charge in [0.15, 0.2) is 0 Å². The quantitative estimate of drug-likeness (QED) is 0.857. The fraction of sp³-hybridized carbons (Fsp3) is 0.500. The molecule has 0 aromatic heterocycles. The van der Waals surface area contributed by atoms with Gasteiger partial charge in [-0.1, -0.05) is 17.7 Å². The van der Waals surface area contributed by atoms with Crippen molar-refractivity contribution in [1.29, 1.82) is 0 Å². The Kier molecular flexibility index (Phi) is 5.72. The molecular weight excluding hydrogens is 342 g/mol. The number of carbonyl (C=O) groups is 3. The molecular formula is C18H24ClN3O3. The lowest BCUT2D eigenvalue weighted by atomic mass is 10.1. The SMILES string of the molecule is CC(NC(=O)C1CC(=O)N(c2cccc(Cl)c2)C1)C(=O)NC(C)(C)C. The van der Waals surface area contributed by atoms with Gasteiger partial charge in [-0.2, -0.15) is 0 Å². The highest BCUT2D eigenvalue weighted by Crippen LogP contribution is 2.27. The minimum Gasteiger partial charge on any atom is -0.350 e. The summed E-state index contributed by atoms with van der Waals surface area (Å²) in [6.45, 7) is 7.52. The topological polar surface area (TPSA) is 78.5 Å². The van der Waals surface area contributed by atoms with Crippen LogP contribution in [0.2, 0.25) is 5.02 Å². The Bertz CT molecular complexity index is 684. The molecule has 2 unspecified atom stereocenters. The van der Waals surface area contributed by atoms with Gasteiger partial charge in [0.25, 0.3) is 0 Å². The second-order valence-corrected chi connectivity index (χ2v) is 7.79. The fourth-order valence-electron chi connectivity index (χ4n) is 2.65. The van der Waals surface area contributed by atoms with E-state index in [4.69, 9.17) is 11.6 Å². The Morgan fingerprint density at radius 1 is 1.32 bits per heavy atom. The molecule has 1 fully saturated rings. The fourth-order valence-corrected chi connectivity index (χ4v) is 2.84. The van der Waals surface area contributed by atoms with E-state index in [1.54, 1.807) is 36.1 Å². The van der Waals surface area contributed by atoms with Gasteiger partial charge in [0, 0.05) is 29.2 Å². The van der Waals surface area contributed by atoms with E-state index in [0.717, 1.165) is 0 Å². The molecule has 3 amide bonds. The second-order valence-electron chi connectivity index (χ2n) is 7.35. The molecule has 1 aromatic rings. The van der Waals surface area contributed by atoms with Crippen LogP contribution in [0.15, 0.2) is 24.3 Å². The van der Waals surface area contributed by atoms with Gasteiger partial charge in [0.2, 0.25) is 17.7 Å². The van der Waals surface area contributed by atoms with E-state index in [0.29, 0.717) is 10.7 Å². The van der Waals surface area contributed by atoms with Crippen molar-refractivity contribution in [2.75, 3.05) is 11.4 Å². The lowest BCUT2D eigenvalue weighted by molar-refractivity contribution is -0.131. The number of carbonyl (C=O) groups excluding carboxylic acids is 3. The Hall–Kier alpha value is -2.08. The molecule has 1 aromatic carbocycles. The van der Waals surface area contributed by atoms with Gasteiger partial charge in [-0.15, -0.1) is 0 Å². The van der Waals surface area contributed by atoms with Crippen LogP contribution in [-0.2, 0) is 14.4 Å². The first kappa shape index (κ1) is 19.2. The van der Waals surface area contributed by atoms with E-state index in [9.17, 15) is 14.4 Å². The first-order valence-electron chi connectivity index (χ1n) is 8.25. The molecule has 0 spiro atoms. The van der Waals surface area contributed by atoms with Crippen LogP contribution < -0.4 is 15.5 Å². The molecule has 0 aliphatic carbocycles. The van der Waals surface area contributed by atoms with Crippen LogP contribution in [-0.4, -0.2) is 35.8 Å². The molecule has 0 saturated carbocycles. The third kappa shape index (κ3) is 5.19. The summed E-state index contributed by atoms with van der Waals surface area (Å²) in [5.41, 5.74) is 0.300. The maximum atomic E-state index is 12.4. The van der Waals surface area contributed by atoms with E-state index in [1.807, 2.05) is 20.8 Å². The van der Waals surface area contributed by atoms with Gasteiger partial charge in [-0.05, 0) is 45.9 Å². The third-order valence-electron chi connectivity index (χ3n) is 3.87. The van der Waals surface area contributed by atoms with Crippen molar-refractivity contribution in [3.05, 3.63) is 29.3 Å². The molecule has 6 nitrogen and oxygen atoms in total. The van der Waals surface area contributed by atoms with E-state index in [-0.39, 0.29) is 36.2 Å². The van der Waals surface area contributed by atoms with Crippen LogP contribution in [0.5, 0.6) is 0 Å².